The maximum Gasteiger partial charge on any atom is 0.323 e. The molecule has 1 saturated heterocycles. The lowest BCUT2D eigenvalue weighted by Crippen LogP contribution is -2.35. The SMILES string of the molecule is O=C(O)CN1C(=O)C(CCCCCl)SC1=S. The van der Waals surface area contributed by atoms with Crippen LogP contribution in [0.25, 0.3) is 0 Å². The van der Waals surface area contributed by atoms with Gasteiger partial charge >= 0.3 is 5.97 Å². The average Bonchev–Trinajstić information content (AvgIpc) is 2.46. The highest BCUT2D eigenvalue weighted by atomic mass is 35.5. The van der Waals surface area contributed by atoms with Gasteiger partial charge in [-0.2, -0.15) is 0 Å². The molecule has 7 heteroatoms. The molecular weight excluding hydrogens is 270 g/mol. The van der Waals surface area contributed by atoms with Gasteiger partial charge in [-0.15, -0.1) is 11.6 Å². The molecule has 0 aromatic carbocycles. The molecule has 1 amide bonds. The van der Waals surface area contributed by atoms with Crippen molar-refractivity contribution in [3.63, 3.8) is 0 Å². The maximum absolute atomic E-state index is 11.8. The molecule has 1 aliphatic heterocycles. The number of carboxylic acids is 1. The van der Waals surface area contributed by atoms with E-state index in [1.807, 2.05) is 0 Å². The van der Waals surface area contributed by atoms with Crippen LogP contribution in [0, 0.1) is 0 Å². The highest BCUT2D eigenvalue weighted by molar-refractivity contribution is 8.24. The molecule has 16 heavy (non-hydrogen) atoms. The number of carbonyl (C=O) groups is 2. The Morgan fingerprint density at radius 1 is 1.56 bits per heavy atom. The minimum atomic E-state index is -1.04. The Balaban J connectivity index is 2.49. The van der Waals surface area contributed by atoms with Crippen LogP contribution in [0.4, 0.5) is 0 Å². The smallest absolute Gasteiger partial charge is 0.323 e. The van der Waals surface area contributed by atoms with E-state index in [0.29, 0.717) is 16.6 Å². The first kappa shape index (κ1) is 13.7. The van der Waals surface area contributed by atoms with Crippen molar-refractivity contribution >= 4 is 51.8 Å². The van der Waals surface area contributed by atoms with Gasteiger partial charge in [0.05, 0.1) is 5.25 Å². The average molecular weight is 282 g/mol. The lowest BCUT2D eigenvalue weighted by molar-refractivity contribution is -0.141. The van der Waals surface area contributed by atoms with Crippen LogP contribution < -0.4 is 0 Å². The van der Waals surface area contributed by atoms with Crippen LogP contribution >= 0.6 is 35.6 Å². The van der Waals surface area contributed by atoms with Crippen molar-refractivity contribution in [3.05, 3.63) is 0 Å². The summed E-state index contributed by atoms with van der Waals surface area (Å²) >= 11 is 11.8. The molecule has 1 N–H and O–H groups in total. The number of alkyl halides is 1. The third kappa shape index (κ3) is 3.61. The predicted octanol–water partition coefficient (Wildman–Crippen LogP) is 1.71. The minimum absolute atomic E-state index is 0.188. The van der Waals surface area contributed by atoms with Gasteiger partial charge in [-0.05, 0) is 12.8 Å². The lowest BCUT2D eigenvalue weighted by atomic mass is 10.2. The highest BCUT2D eigenvalue weighted by Gasteiger charge is 2.37. The zero-order valence-electron chi connectivity index (χ0n) is 8.52. The third-order valence-electron chi connectivity index (χ3n) is 2.15. The Labute approximate surface area is 108 Å². The molecule has 4 nitrogen and oxygen atoms in total. The number of unbranched alkanes of at least 4 members (excludes halogenated alkanes) is 1. The fourth-order valence-corrected chi connectivity index (χ4v) is 3.11. The molecule has 0 saturated carbocycles. The van der Waals surface area contributed by atoms with Gasteiger partial charge in [0, 0.05) is 5.88 Å². The van der Waals surface area contributed by atoms with Crippen molar-refractivity contribution in [3.8, 4) is 0 Å². The molecule has 0 aromatic rings. The maximum atomic E-state index is 11.8. The fraction of sp³-hybridized carbons (Fsp3) is 0.667. The van der Waals surface area contributed by atoms with E-state index in [4.69, 9.17) is 28.9 Å². The topological polar surface area (TPSA) is 57.6 Å². The number of thioether (sulfide) groups is 1. The Hall–Kier alpha value is -0.330. The zero-order chi connectivity index (χ0) is 12.1. The molecule has 0 bridgehead atoms. The van der Waals surface area contributed by atoms with Gasteiger partial charge in [-0.25, -0.2) is 0 Å². The largest absolute Gasteiger partial charge is 0.480 e. The Morgan fingerprint density at radius 2 is 2.25 bits per heavy atom. The van der Waals surface area contributed by atoms with E-state index in [-0.39, 0.29) is 17.7 Å². The van der Waals surface area contributed by atoms with Crippen LogP contribution in [0.15, 0.2) is 0 Å². The second kappa shape index (κ2) is 6.42. The van der Waals surface area contributed by atoms with Crippen molar-refractivity contribution in [1.29, 1.82) is 0 Å². The Kier molecular flexibility index (Phi) is 5.51. The molecule has 0 radical (unpaired) electrons. The second-order valence-corrected chi connectivity index (χ2v) is 5.59. The van der Waals surface area contributed by atoms with E-state index < -0.39 is 5.97 Å². The number of carboxylic acid groups (broad SMARTS) is 1. The molecule has 0 aromatic heterocycles. The fourth-order valence-electron chi connectivity index (χ4n) is 1.38. The molecule has 1 fully saturated rings. The van der Waals surface area contributed by atoms with Gasteiger partial charge in [0.1, 0.15) is 10.9 Å². The molecule has 1 aliphatic rings. The van der Waals surface area contributed by atoms with Gasteiger partial charge in [-0.1, -0.05) is 30.4 Å². The number of nitrogens with zero attached hydrogens (tertiary/aromatic N) is 1. The van der Waals surface area contributed by atoms with E-state index >= 15 is 0 Å². The van der Waals surface area contributed by atoms with Crippen LogP contribution in [-0.4, -0.2) is 43.9 Å². The summed E-state index contributed by atoms with van der Waals surface area (Å²) in [5.41, 5.74) is 0. The van der Waals surface area contributed by atoms with Gasteiger partial charge in [0.15, 0.2) is 0 Å². The first-order valence-corrected chi connectivity index (χ1v) is 6.68. The highest BCUT2D eigenvalue weighted by Crippen LogP contribution is 2.30. The standard InChI is InChI=1S/C9H12ClNO3S2/c10-4-2-1-3-6-8(14)11(5-7(12)13)9(15)16-6/h6H,1-5H2,(H,12,13). The van der Waals surface area contributed by atoms with Crippen LogP contribution in [0.3, 0.4) is 0 Å². The number of halogens is 1. The summed E-state index contributed by atoms with van der Waals surface area (Å²) in [6.07, 6.45) is 2.42. The summed E-state index contributed by atoms with van der Waals surface area (Å²) in [6.45, 7) is -0.337. The third-order valence-corrected chi connectivity index (χ3v) is 4.07. The zero-order valence-corrected chi connectivity index (χ0v) is 10.9. The van der Waals surface area contributed by atoms with Crippen molar-refractivity contribution in [1.82, 2.24) is 4.90 Å². The monoisotopic (exact) mass is 281 g/mol. The van der Waals surface area contributed by atoms with Crippen LogP contribution in [-0.2, 0) is 9.59 Å². The first-order chi connectivity index (χ1) is 7.56. The van der Waals surface area contributed by atoms with Crippen LogP contribution in [0.2, 0.25) is 0 Å². The Morgan fingerprint density at radius 3 is 2.81 bits per heavy atom. The number of rotatable bonds is 6. The molecule has 1 heterocycles. The van der Waals surface area contributed by atoms with E-state index in [2.05, 4.69) is 0 Å². The van der Waals surface area contributed by atoms with Crippen molar-refractivity contribution in [2.75, 3.05) is 12.4 Å². The number of aliphatic carboxylic acids is 1. The van der Waals surface area contributed by atoms with Gasteiger partial charge in [0.25, 0.3) is 0 Å². The Bertz CT molecular complexity index is 311. The summed E-state index contributed by atoms with van der Waals surface area (Å²) < 4.78 is 0.364. The molecule has 1 atom stereocenters. The molecule has 1 rings (SSSR count). The minimum Gasteiger partial charge on any atom is -0.480 e. The van der Waals surface area contributed by atoms with E-state index in [9.17, 15) is 9.59 Å². The van der Waals surface area contributed by atoms with Crippen LogP contribution in [0.5, 0.6) is 0 Å². The molecular formula is C9H12ClNO3S2. The van der Waals surface area contributed by atoms with Crippen molar-refractivity contribution < 1.29 is 14.7 Å². The number of amides is 1. The summed E-state index contributed by atoms with van der Waals surface area (Å²) in [6, 6.07) is 0. The number of hydrogen-bond acceptors (Lipinski definition) is 4. The molecule has 90 valence electrons. The summed E-state index contributed by atoms with van der Waals surface area (Å²) in [7, 11) is 0. The molecule has 1 unspecified atom stereocenters. The number of hydrogen-bond donors (Lipinski definition) is 1. The van der Waals surface area contributed by atoms with Gasteiger partial charge in [-0.3, -0.25) is 14.5 Å². The number of thiocarbonyl (C=S) groups is 1. The molecule has 0 aliphatic carbocycles. The second-order valence-electron chi connectivity index (χ2n) is 3.38. The summed E-state index contributed by atoms with van der Waals surface area (Å²) in [5, 5.41) is 8.40. The summed E-state index contributed by atoms with van der Waals surface area (Å²) in [5.74, 6) is -0.654. The van der Waals surface area contributed by atoms with E-state index in [1.165, 1.54) is 11.8 Å². The van der Waals surface area contributed by atoms with Crippen LogP contribution in [0.1, 0.15) is 19.3 Å². The van der Waals surface area contributed by atoms with Gasteiger partial charge in [0.2, 0.25) is 5.91 Å². The first-order valence-electron chi connectivity index (χ1n) is 4.86. The lowest BCUT2D eigenvalue weighted by Gasteiger charge is -2.12. The van der Waals surface area contributed by atoms with E-state index in [1.54, 1.807) is 0 Å². The molecule has 0 spiro atoms. The van der Waals surface area contributed by atoms with Crippen molar-refractivity contribution in [2.24, 2.45) is 0 Å². The van der Waals surface area contributed by atoms with Gasteiger partial charge < -0.3 is 5.11 Å². The predicted molar refractivity (Wildman–Crippen MR) is 67.9 cm³/mol. The van der Waals surface area contributed by atoms with Crippen molar-refractivity contribution in [2.45, 2.75) is 24.5 Å². The normalized spacial score (nSPS) is 20.6. The number of carbonyl (C=O) groups excluding carboxylic acids is 1. The van der Waals surface area contributed by atoms with E-state index in [0.717, 1.165) is 17.7 Å². The summed E-state index contributed by atoms with van der Waals surface area (Å²) in [4.78, 5) is 23.5. The quantitative estimate of drug-likeness (QED) is 0.456.